The largest absolute Gasteiger partial charge is 0.503 e. The van der Waals surface area contributed by atoms with Crippen molar-refractivity contribution in [3.8, 4) is 5.75 Å². The number of rotatable bonds is 3. The van der Waals surface area contributed by atoms with Crippen LogP contribution in [0, 0.1) is 18.7 Å². The lowest BCUT2D eigenvalue weighted by atomic mass is 9.76. The van der Waals surface area contributed by atoms with Crippen LogP contribution in [-0.4, -0.2) is 50.3 Å². The van der Waals surface area contributed by atoms with Crippen LogP contribution in [0.15, 0.2) is 34.3 Å². The molecule has 1 aromatic carbocycles. The first-order valence-electron chi connectivity index (χ1n) is 12.1. The monoisotopic (exact) mass is 496 g/mol. The predicted octanol–water partition coefficient (Wildman–Crippen LogP) is 2.89. The quantitative estimate of drug-likeness (QED) is 0.679. The van der Waals surface area contributed by atoms with Crippen LogP contribution in [0.3, 0.4) is 0 Å². The molecular formula is C26H29FN4O5. The number of benzene rings is 1. The first-order chi connectivity index (χ1) is 17.0. The molecule has 190 valence electrons. The average Bonchev–Trinajstić information content (AvgIpc) is 3.05. The van der Waals surface area contributed by atoms with Gasteiger partial charge in [-0.05, 0) is 45.2 Å². The molecule has 3 aliphatic heterocycles. The average molecular weight is 497 g/mol. The van der Waals surface area contributed by atoms with Crippen LogP contribution in [-0.2, 0) is 11.4 Å². The Balaban J connectivity index is 1.57. The van der Waals surface area contributed by atoms with Gasteiger partial charge in [0.15, 0.2) is 17.0 Å². The third-order valence-corrected chi connectivity index (χ3v) is 8.04. The molecule has 2 aromatic rings. The van der Waals surface area contributed by atoms with Crippen molar-refractivity contribution in [2.24, 2.45) is 11.1 Å². The number of carbonyl (C=O) groups excluding carboxylic acids is 2. The van der Waals surface area contributed by atoms with Gasteiger partial charge in [0.25, 0.3) is 11.8 Å². The van der Waals surface area contributed by atoms with Crippen molar-refractivity contribution in [2.75, 3.05) is 6.54 Å². The van der Waals surface area contributed by atoms with Gasteiger partial charge in [-0.25, -0.2) is 4.39 Å². The summed E-state index contributed by atoms with van der Waals surface area (Å²) in [6, 6.07) is 4.02. The molecule has 3 aliphatic rings. The third kappa shape index (κ3) is 3.50. The number of fused-ring (bicyclic) bond motifs is 5. The van der Waals surface area contributed by atoms with Gasteiger partial charge in [0.2, 0.25) is 5.43 Å². The summed E-state index contributed by atoms with van der Waals surface area (Å²) in [7, 11) is 0. The number of nitrogens with one attached hydrogen (secondary N) is 1. The molecule has 1 spiro atoms. The van der Waals surface area contributed by atoms with E-state index >= 15 is 0 Å². The van der Waals surface area contributed by atoms with E-state index in [2.05, 4.69) is 10.5 Å². The Morgan fingerprint density at radius 3 is 2.72 bits per heavy atom. The Kier molecular flexibility index (Phi) is 5.65. The maximum atomic E-state index is 14.2. The van der Waals surface area contributed by atoms with Crippen LogP contribution in [0.5, 0.6) is 5.75 Å². The maximum absolute atomic E-state index is 14.2. The highest BCUT2D eigenvalue weighted by atomic mass is 19.1. The molecule has 0 radical (unpaired) electrons. The molecule has 0 aliphatic carbocycles. The summed E-state index contributed by atoms with van der Waals surface area (Å²) in [6.07, 6.45) is 2.58. The van der Waals surface area contributed by atoms with E-state index in [1.807, 2.05) is 20.8 Å². The number of hydrogen-bond donors (Lipinski definition) is 2. The fourth-order valence-electron chi connectivity index (χ4n) is 5.61. The summed E-state index contributed by atoms with van der Waals surface area (Å²) >= 11 is 0. The number of oxime groups is 1. The molecule has 4 atom stereocenters. The summed E-state index contributed by atoms with van der Waals surface area (Å²) in [5, 5.41) is 17.7. The molecule has 0 unspecified atom stereocenters. The van der Waals surface area contributed by atoms with Crippen molar-refractivity contribution in [3.63, 3.8) is 0 Å². The van der Waals surface area contributed by atoms with Crippen LogP contribution in [0.2, 0.25) is 0 Å². The molecule has 1 saturated heterocycles. The van der Waals surface area contributed by atoms with Crippen LogP contribution < -0.4 is 10.7 Å². The van der Waals surface area contributed by atoms with Crippen molar-refractivity contribution < 1.29 is 23.9 Å². The third-order valence-electron chi connectivity index (χ3n) is 8.04. The Labute approximate surface area is 207 Å². The van der Waals surface area contributed by atoms with Gasteiger partial charge in [-0.15, -0.1) is 0 Å². The summed E-state index contributed by atoms with van der Waals surface area (Å²) in [6.45, 7) is 7.72. The van der Waals surface area contributed by atoms with Gasteiger partial charge in [-0.1, -0.05) is 24.2 Å². The Morgan fingerprint density at radius 1 is 1.31 bits per heavy atom. The number of aromatic nitrogens is 1. The smallest absolute Gasteiger partial charge is 0.274 e. The van der Waals surface area contributed by atoms with E-state index in [0.29, 0.717) is 12.8 Å². The lowest BCUT2D eigenvalue weighted by Crippen LogP contribution is -2.54. The molecule has 10 heteroatoms. The van der Waals surface area contributed by atoms with Crippen molar-refractivity contribution in [1.29, 1.82) is 0 Å². The molecule has 2 bridgehead atoms. The van der Waals surface area contributed by atoms with Gasteiger partial charge in [-0.2, -0.15) is 0 Å². The summed E-state index contributed by atoms with van der Waals surface area (Å²) in [5.74, 6) is -2.58. The van der Waals surface area contributed by atoms with Crippen molar-refractivity contribution in [2.45, 2.75) is 64.8 Å². The number of carbonyl (C=O) groups is 2. The normalized spacial score (nSPS) is 26.8. The minimum Gasteiger partial charge on any atom is -0.503 e. The van der Waals surface area contributed by atoms with E-state index in [1.165, 1.54) is 16.8 Å². The Bertz CT molecular complexity index is 1370. The zero-order valence-corrected chi connectivity index (χ0v) is 20.7. The Morgan fingerprint density at radius 2 is 2.06 bits per heavy atom. The number of nitrogens with zero attached hydrogens (tertiary/aromatic N) is 3. The molecule has 5 rings (SSSR count). The van der Waals surface area contributed by atoms with Crippen molar-refractivity contribution in [3.05, 3.63) is 62.8 Å². The van der Waals surface area contributed by atoms with Crippen molar-refractivity contribution >= 4 is 17.5 Å². The minimum absolute atomic E-state index is 0.0842. The number of amides is 2. The van der Waals surface area contributed by atoms with Gasteiger partial charge >= 0.3 is 0 Å². The number of aryl methyl sites for hydroxylation is 1. The number of aromatic hydroxyl groups is 1. The lowest BCUT2D eigenvalue weighted by Gasteiger charge is -2.43. The second-order valence-electron chi connectivity index (χ2n) is 10.1. The van der Waals surface area contributed by atoms with Crippen LogP contribution in [0.4, 0.5) is 4.39 Å². The van der Waals surface area contributed by atoms with E-state index in [-0.39, 0.29) is 41.9 Å². The fraction of sp³-hybridized carbons (Fsp3) is 0.462. The molecule has 9 nitrogen and oxygen atoms in total. The van der Waals surface area contributed by atoms with E-state index in [1.54, 1.807) is 24.0 Å². The maximum Gasteiger partial charge on any atom is 0.274 e. The van der Waals surface area contributed by atoms with E-state index in [9.17, 15) is 23.9 Å². The Hall–Kier alpha value is -3.69. The SMILES string of the molecule is CC1=NO[C@@]2(CC[C@H](C)N3C[C@H]2n2cc(C(=O)NCc4ccc(C)cc4F)c(=O)c(O)c2C3=O)[C@H]1C. The lowest BCUT2D eigenvalue weighted by molar-refractivity contribution is -0.0864. The zero-order chi connectivity index (χ0) is 25.9. The summed E-state index contributed by atoms with van der Waals surface area (Å²) in [4.78, 5) is 47.1. The predicted molar refractivity (Wildman–Crippen MR) is 130 cm³/mol. The highest BCUT2D eigenvalue weighted by Gasteiger charge is 2.57. The van der Waals surface area contributed by atoms with Crippen LogP contribution >= 0.6 is 0 Å². The van der Waals surface area contributed by atoms with Gasteiger partial charge in [0.05, 0.1) is 11.8 Å². The topological polar surface area (TPSA) is 113 Å². The van der Waals surface area contributed by atoms with Gasteiger partial charge < -0.3 is 24.7 Å². The summed E-state index contributed by atoms with van der Waals surface area (Å²) < 4.78 is 15.8. The summed E-state index contributed by atoms with van der Waals surface area (Å²) in [5.41, 5.74) is -0.425. The molecule has 0 saturated carbocycles. The zero-order valence-electron chi connectivity index (χ0n) is 20.7. The number of hydrogen-bond acceptors (Lipinski definition) is 6. The standard InChI is InChI=1S/C26H29FN4O5/c1-13-5-6-17(19(27)9-13)10-28-24(34)18-11-31-20-12-30(25(35)21(31)23(33)22(18)32)14(2)7-8-26(20)15(3)16(4)29-36-26/h5-6,9,11,14-15,20,33H,7-8,10,12H2,1-4H3,(H,28,34)/t14-,15-,20+,26-/m0/s1. The molecule has 4 heterocycles. The number of halogens is 1. The van der Waals surface area contributed by atoms with Gasteiger partial charge in [0, 0.05) is 36.8 Å². The second-order valence-corrected chi connectivity index (χ2v) is 10.1. The molecule has 1 aromatic heterocycles. The molecule has 2 N–H and O–H groups in total. The first-order valence-corrected chi connectivity index (χ1v) is 12.1. The van der Waals surface area contributed by atoms with Crippen LogP contribution in [0.25, 0.3) is 0 Å². The highest BCUT2D eigenvalue weighted by Crippen LogP contribution is 2.48. The van der Waals surface area contributed by atoms with E-state index in [0.717, 1.165) is 11.3 Å². The number of pyridine rings is 1. The molecule has 2 amide bonds. The minimum atomic E-state index is -0.953. The molecule has 36 heavy (non-hydrogen) atoms. The first kappa shape index (κ1) is 24.0. The van der Waals surface area contributed by atoms with Gasteiger partial charge in [0.1, 0.15) is 11.4 Å². The fourth-order valence-corrected chi connectivity index (χ4v) is 5.61. The molecular weight excluding hydrogens is 467 g/mol. The van der Waals surface area contributed by atoms with Crippen LogP contribution in [0.1, 0.15) is 71.6 Å². The second kappa shape index (κ2) is 8.46. The van der Waals surface area contributed by atoms with Gasteiger partial charge in [-0.3, -0.25) is 14.4 Å². The van der Waals surface area contributed by atoms with E-state index < -0.39 is 40.5 Å². The van der Waals surface area contributed by atoms with Crippen molar-refractivity contribution in [1.82, 2.24) is 14.8 Å². The molecule has 1 fully saturated rings. The van der Waals surface area contributed by atoms with E-state index in [4.69, 9.17) is 4.84 Å². The highest BCUT2D eigenvalue weighted by molar-refractivity contribution is 5.99.